The lowest BCUT2D eigenvalue weighted by Gasteiger charge is -2.35. The second-order valence-corrected chi connectivity index (χ2v) is 10.5. The molecule has 1 aliphatic heterocycles. The van der Waals surface area contributed by atoms with Crippen molar-refractivity contribution in [2.75, 3.05) is 23.4 Å². The van der Waals surface area contributed by atoms with Crippen molar-refractivity contribution in [2.24, 2.45) is 7.05 Å². The molecule has 1 saturated carbocycles. The molecular formula is C30H31N9O4. The maximum atomic E-state index is 13.5. The van der Waals surface area contributed by atoms with Crippen molar-refractivity contribution in [2.45, 2.75) is 50.5 Å². The minimum Gasteiger partial charge on any atom is -0.468 e. The van der Waals surface area contributed by atoms with Crippen LogP contribution in [0, 0.1) is 11.3 Å². The van der Waals surface area contributed by atoms with Crippen LogP contribution in [0.1, 0.15) is 36.8 Å². The summed E-state index contributed by atoms with van der Waals surface area (Å²) in [5, 5.41) is 17.0. The van der Waals surface area contributed by atoms with E-state index < -0.39 is 6.09 Å². The van der Waals surface area contributed by atoms with Gasteiger partial charge in [-0.3, -0.25) is 4.68 Å². The number of carbonyl (C=O) groups is 1. The highest BCUT2D eigenvalue weighted by Gasteiger charge is 2.33. The van der Waals surface area contributed by atoms with Crippen molar-refractivity contribution in [3.8, 4) is 23.1 Å². The van der Waals surface area contributed by atoms with Gasteiger partial charge in [0.15, 0.2) is 0 Å². The Bertz CT molecular complexity index is 1580. The van der Waals surface area contributed by atoms with Crippen LogP contribution in [0.25, 0.3) is 11.1 Å². The zero-order valence-corrected chi connectivity index (χ0v) is 23.7. The molecule has 0 bridgehead atoms. The smallest absolute Gasteiger partial charge is 0.417 e. The summed E-state index contributed by atoms with van der Waals surface area (Å²) in [5.74, 6) is 0.937. The quantitative estimate of drug-likeness (QED) is 0.306. The highest BCUT2D eigenvalue weighted by Crippen LogP contribution is 2.29. The second kappa shape index (κ2) is 12.8. The van der Waals surface area contributed by atoms with Crippen molar-refractivity contribution < 1.29 is 19.0 Å². The van der Waals surface area contributed by atoms with Crippen LogP contribution in [-0.2, 0) is 23.1 Å². The van der Waals surface area contributed by atoms with Gasteiger partial charge in [-0.1, -0.05) is 30.3 Å². The highest BCUT2D eigenvalue weighted by atomic mass is 16.6. The number of nitrogens with zero attached hydrogens (tertiary/aromatic N) is 8. The first-order valence-corrected chi connectivity index (χ1v) is 14.1. The third kappa shape index (κ3) is 6.70. The van der Waals surface area contributed by atoms with E-state index in [9.17, 15) is 10.1 Å². The van der Waals surface area contributed by atoms with Gasteiger partial charge in [0.05, 0.1) is 25.6 Å². The number of hydrogen-bond acceptors (Lipinski definition) is 11. The summed E-state index contributed by atoms with van der Waals surface area (Å²) in [4.78, 5) is 32.9. The van der Waals surface area contributed by atoms with Gasteiger partial charge >= 0.3 is 6.09 Å². The number of nitriles is 1. The third-order valence-electron chi connectivity index (χ3n) is 7.45. The molecule has 1 aliphatic carbocycles. The number of aryl methyl sites for hydroxylation is 1. The molecule has 1 N–H and O–H groups in total. The summed E-state index contributed by atoms with van der Waals surface area (Å²) < 4.78 is 18.4. The first-order valence-electron chi connectivity index (χ1n) is 14.1. The molecule has 2 aliphatic rings. The molecule has 0 spiro atoms. The minimum atomic E-state index is -0.494. The molecule has 2 fully saturated rings. The lowest BCUT2D eigenvalue weighted by atomic mass is 9.90. The van der Waals surface area contributed by atoms with Gasteiger partial charge in [0.1, 0.15) is 24.3 Å². The van der Waals surface area contributed by atoms with E-state index in [4.69, 9.17) is 14.2 Å². The van der Waals surface area contributed by atoms with Crippen molar-refractivity contribution >= 4 is 18.0 Å². The van der Waals surface area contributed by atoms with Gasteiger partial charge in [-0.25, -0.2) is 24.6 Å². The molecule has 0 radical (unpaired) electrons. The van der Waals surface area contributed by atoms with E-state index in [-0.39, 0.29) is 36.2 Å². The molecule has 4 aromatic rings. The predicted molar refractivity (Wildman–Crippen MR) is 155 cm³/mol. The Balaban J connectivity index is 1.14. The number of carbonyl (C=O) groups excluding carboxylic acids is 1. The Kier molecular flexibility index (Phi) is 8.37. The van der Waals surface area contributed by atoms with E-state index in [0.717, 1.165) is 29.5 Å². The maximum absolute atomic E-state index is 13.5. The Morgan fingerprint density at radius 1 is 1.07 bits per heavy atom. The predicted octanol–water partition coefficient (Wildman–Crippen LogP) is 3.88. The summed E-state index contributed by atoms with van der Waals surface area (Å²) >= 11 is 0. The zero-order chi connectivity index (χ0) is 29.6. The first kappa shape index (κ1) is 28.0. The number of benzene rings is 1. The molecule has 1 amide bonds. The molecule has 1 aromatic carbocycles. The summed E-state index contributed by atoms with van der Waals surface area (Å²) in [6.45, 7) is 1.10. The fourth-order valence-electron chi connectivity index (χ4n) is 5.05. The van der Waals surface area contributed by atoms with Crippen LogP contribution >= 0.6 is 0 Å². The molecule has 220 valence electrons. The van der Waals surface area contributed by atoms with Crippen LogP contribution in [0.5, 0.6) is 5.88 Å². The number of rotatable bonds is 9. The molecule has 0 atom stereocenters. The summed E-state index contributed by atoms with van der Waals surface area (Å²) in [5.41, 5.74) is 2.86. The zero-order valence-electron chi connectivity index (χ0n) is 23.7. The highest BCUT2D eigenvalue weighted by molar-refractivity contribution is 5.86. The average Bonchev–Trinajstić information content (AvgIpc) is 3.46. The number of ether oxygens (including phenoxy) is 3. The van der Waals surface area contributed by atoms with Crippen molar-refractivity contribution in [1.29, 1.82) is 5.26 Å². The van der Waals surface area contributed by atoms with Crippen LogP contribution in [0.4, 0.5) is 16.7 Å². The Labute approximate surface area is 248 Å². The van der Waals surface area contributed by atoms with E-state index >= 15 is 0 Å². The molecular weight excluding hydrogens is 550 g/mol. The average molecular weight is 582 g/mol. The van der Waals surface area contributed by atoms with Crippen molar-refractivity contribution in [3.63, 3.8) is 0 Å². The van der Waals surface area contributed by atoms with Gasteiger partial charge in [-0.15, -0.1) is 0 Å². The molecule has 1 saturated heterocycles. The van der Waals surface area contributed by atoms with E-state index in [0.29, 0.717) is 38.0 Å². The SMILES string of the molecule is Cn1cc(-c2cnc(N(C(=O)OCc3ccccc3)C3CCC(Nc4ncc(C#N)c(OC5COC5)n4)CC3)nc2)cn1. The molecule has 0 unspecified atom stereocenters. The molecule has 43 heavy (non-hydrogen) atoms. The number of anilines is 2. The van der Waals surface area contributed by atoms with Gasteiger partial charge in [-0.2, -0.15) is 15.3 Å². The van der Waals surface area contributed by atoms with Crippen molar-refractivity contribution in [1.82, 2.24) is 29.7 Å². The summed E-state index contributed by atoms with van der Waals surface area (Å²) in [6.07, 6.45) is 10.7. The molecule has 13 heteroatoms. The van der Waals surface area contributed by atoms with Gasteiger partial charge in [0.25, 0.3) is 0 Å². The maximum Gasteiger partial charge on any atom is 0.417 e. The van der Waals surface area contributed by atoms with Gasteiger partial charge in [-0.05, 0) is 31.2 Å². The van der Waals surface area contributed by atoms with E-state index in [1.54, 1.807) is 28.2 Å². The summed E-state index contributed by atoms with van der Waals surface area (Å²) in [7, 11) is 1.85. The summed E-state index contributed by atoms with van der Waals surface area (Å²) in [6, 6.07) is 11.5. The molecule has 6 rings (SSSR count). The third-order valence-corrected chi connectivity index (χ3v) is 7.45. The van der Waals surface area contributed by atoms with E-state index in [1.165, 1.54) is 6.20 Å². The van der Waals surface area contributed by atoms with Gasteiger partial charge in [0.2, 0.25) is 17.8 Å². The van der Waals surface area contributed by atoms with Crippen LogP contribution < -0.4 is 15.0 Å². The van der Waals surface area contributed by atoms with Crippen LogP contribution in [0.15, 0.2) is 61.3 Å². The van der Waals surface area contributed by atoms with Crippen LogP contribution in [-0.4, -0.2) is 67.2 Å². The minimum absolute atomic E-state index is 0.0696. The lowest BCUT2D eigenvalue weighted by molar-refractivity contribution is -0.0814. The normalized spacial score (nSPS) is 18.2. The topological polar surface area (TPSA) is 153 Å². The number of hydrogen-bond donors (Lipinski definition) is 1. The van der Waals surface area contributed by atoms with E-state index in [1.807, 2.05) is 43.6 Å². The largest absolute Gasteiger partial charge is 0.468 e. The van der Waals surface area contributed by atoms with Crippen molar-refractivity contribution in [3.05, 3.63) is 72.4 Å². The standard InChI is InChI=1S/C30H31N9O4/c1-38-16-23(15-35-38)22-13-33-29(34-14-22)39(30(40)42-17-20-5-3-2-4-6-20)25-9-7-24(8-10-25)36-28-32-12-21(11-31)27(37-28)43-26-18-41-19-26/h2-6,12-16,24-26H,7-10,17-19H2,1H3,(H,32,36,37). The van der Waals surface area contributed by atoms with Crippen LogP contribution in [0.2, 0.25) is 0 Å². The Morgan fingerprint density at radius 3 is 2.49 bits per heavy atom. The number of amides is 1. The Morgan fingerprint density at radius 2 is 1.84 bits per heavy atom. The first-order chi connectivity index (χ1) is 21.1. The van der Waals surface area contributed by atoms with E-state index in [2.05, 4.69) is 36.4 Å². The fraction of sp³-hybridized carbons (Fsp3) is 0.367. The monoisotopic (exact) mass is 581 g/mol. The fourth-order valence-corrected chi connectivity index (χ4v) is 5.05. The second-order valence-electron chi connectivity index (χ2n) is 10.5. The van der Waals surface area contributed by atoms with Gasteiger partial charge in [0, 0.05) is 48.8 Å². The molecule has 3 aromatic heterocycles. The van der Waals surface area contributed by atoms with Crippen LogP contribution in [0.3, 0.4) is 0 Å². The Hall–Kier alpha value is -5.09. The molecule has 13 nitrogen and oxygen atoms in total. The number of nitrogens with one attached hydrogen (secondary N) is 1. The molecule has 4 heterocycles. The lowest BCUT2D eigenvalue weighted by Crippen LogP contribution is -2.45. The van der Waals surface area contributed by atoms with Gasteiger partial charge < -0.3 is 19.5 Å². The number of aromatic nitrogens is 6.